The molecule has 0 saturated heterocycles. The van der Waals surface area contributed by atoms with Gasteiger partial charge in [-0.25, -0.2) is 0 Å². The van der Waals surface area contributed by atoms with Crippen molar-refractivity contribution in [1.29, 1.82) is 0 Å². The predicted octanol–water partition coefficient (Wildman–Crippen LogP) is 4.14. The lowest BCUT2D eigenvalue weighted by Gasteiger charge is -2.28. The van der Waals surface area contributed by atoms with Gasteiger partial charge in [0.05, 0.1) is 6.10 Å². The minimum Gasteiger partial charge on any atom is -0.377 e. The SMILES string of the molecule is CCCNC1CCCCCC1OCCC(C)(C)C. The van der Waals surface area contributed by atoms with Crippen LogP contribution in [-0.4, -0.2) is 25.3 Å². The molecule has 0 aromatic rings. The lowest BCUT2D eigenvalue weighted by molar-refractivity contribution is 0.0101. The molecule has 0 aromatic heterocycles. The maximum absolute atomic E-state index is 6.19. The van der Waals surface area contributed by atoms with Gasteiger partial charge in [0.25, 0.3) is 0 Å². The van der Waals surface area contributed by atoms with Crippen molar-refractivity contribution in [3.8, 4) is 0 Å². The van der Waals surface area contributed by atoms with Crippen LogP contribution in [0.15, 0.2) is 0 Å². The molecular formula is C16H33NO. The van der Waals surface area contributed by atoms with Gasteiger partial charge in [-0.05, 0) is 37.6 Å². The molecule has 1 aliphatic carbocycles. The Bertz CT molecular complexity index is 210. The zero-order valence-electron chi connectivity index (χ0n) is 12.9. The molecule has 0 aliphatic heterocycles. The first-order valence-electron chi connectivity index (χ1n) is 7.88. The summed E-state index contributed by atoms with van der Waals surface area (Å²) in [5.41, 5.74) is 0.386. The molecule has 0 radical (unpaired) electrons. The summed E-state index contributed by atoms with van der Waals surface area (Å²) in [6, 6.07) is 0.590. The fraction of sp³-hybridized carbons (Fsp3) is 1.00. The van der Waals surface area contributed by atoms with Gasteiger partial charge in [0.15, 0.2) is 0 Å². The molecule has 18 heavy (non-hydrogen) atoms. The third-order valence-corrected chi connectivity index (χ3v) is 3.79. The van der Waals surface area contributed by atoms with Gasteiger partial charge in [-0.3, -0.25) is 0 Å². The van der Waals surface area contributed by atoms with Crippen LogP contribution in [-0.2, 0) is 4.74 Å². The van der Waals surface area contributed by atoms with Gasteiger partial charge < -0.3 is 10.1 Å². The Morgan fingerprint density at radius 3 is 2.50 bits per heavy atom. The van der Waals surface area contributed by atoms with Crippen molar-refractivity contribution in [2.75, 3.05) is 13.2 Å². The second-order valence-corrected chi connectivity index (χ2v) is 6.92. The monoisotopic (exact) mass is 255 g/mol. The molecule has 1 aliphatic rings. The van der Waals surface area contributed by atoms with E-state index in [-0.39, 0.29) is 0 Å². The number of nitrogens with one attached hydrogen (secondary N) is 1. The van der Waals surface area contributed by atoms with Crippen LogP contribution in [0.3, 0.4) is 0 Å². The zero-order chi connectivity index (χ0) is 13.4. The van der Waals surface area contributed by atoms with Crippen LogP contribution in [0.2, 0.25) is 0 Å². The average Bonchev–Trinajstić information content (AvgIpc) is 2.50. The molecule has 1 fully saturated rings. The normalized spacial score (nSPS) is 26.0. The Kier molecular flexibility index (Phi) is 7.25. The van der Waals surface area contributed by atoms with Crippen molar-refractivity contribution in [2.24, 2.45) is 5.41 Å². The van der Waals surface area contributed by atoms with Gasteiger partial charge in [0, 0.05) is 12.6 Å². The van der Waals surface area contributed by atoms with E-state index in [1.807, 2.05) is 0 Å². The Labute approximate surface area is 114 Å². The molecule has 0 aromatic carbocycles. The summed E-state index contributed by atoms with van der Waals surface area (Å²) in [4.78, 5) is 0. The lowest BCUT2D eigenvalue weighted by atomic mass is 9.93. The minimum atomic E-state index is 0.386. The first-order valence-corrected chi connectivity index (χ1v) is 7.88. The highest BCUT2D eigenvalue weighted by Gasteiger charge is 2.24. The van der Waals surface area contributed by atoms with Gasteiger partial charge in [0.2, 0.25) is 0 Å². The minimum absolute atomic E-state index is 0.386. The zero-order valence-corrected chi connectivity index (χ0v) is 12.9. The molecule has 0 heterocycles. The molecule has 0 spiro atoms. The van der Waals surface area contributed by atoms with Crippen molar-refractivity contribution in [3.63, 3.8) is 0 Å². The topological polar surface area (TPSA) is 21.3 Å². The summed E-state index contributed by atoms with van der Waals surface area (Å²) in [6.45, 7) is 11.1. The van der Waals surface area contributed by atoms with E-state index in [4.69, 9.17) is 4.74 Å². The van der Waals surface area contributed by atoms with Crippen LogP contribution >= 0.6 is 0 Å². The van der Waals surface area contributed by atoms with Crippen molar-refractivity contribution in [2.45, 2.75) is 84.8 Å². The number of rotatable bonds is 6. The van der Waals surface area contributed by atoms with Gasteiger partial charge in [-0.2, -0.15) is 0 Å². The molecule has 0 bridgehead atoms. The molecule has 2 unspecified atom stereocenters. The molecule has 2 atom stereocenters. The number of ether oxygens (including phenoxy) is 1. The van der Waals surface area contributed by atoms with E-state index in [9.17, 15) is 0 Å². The van der Waals surface area contributed by atoms with E-state index in [0.29, 0.717) is 17.6 Å². The molecule has 1 saturated carbocycles. The summed E-state index contributed by atoms with van der Waals surface area (Å²) < 4.78 is 6.19. The van der Waals surface area contributed by atoms with Gasteiger partial charge >= 0.3 is 0 Å². The van der Waals surface area contributed by atoms with E-state index < -0.39 is 0 Å². The van der Waals surface area contributed by atoms with Crippen molar-refractivity contribution in [1.82, 2.24) is 5.32 Å². The van der Waals surface area contributed by atoms with E-state index in [1.165, 1.54) is 38.5 Å². The molecule has 1 rings (SSSR count). The molecular weight excluding hydrogens is 222 g/mol. The largest absolute Gasteiger partial charge is 0.377 e. The highest BCUT2D eigenvalue weighted by atomic mass is 16.5. The molecule has 2 nitrogen and oxygen atoms in total. The quantitative estimate of drug-likeness (QED) is 0.720. The van der Waals surface area contributed by atoms with E-state index in [0.717, 1.165) is 19.6 Å². The fourth-order valence-electron chi connectivity index (χ4n) is 2.55. The van der Waals surface area contributed by atoms with Crippen LogP contribution in [0.1, 0.15) is 72.6 Å². The Balaban J connectivity index is 2.36. The van der Waals surface area contributed by atoms with Crippen LogP contribution in [0.4, 0.5) is 0 Å². The third kappa shape index (κ3) is 6.75. The summed E-state index contributed by atoms with van der Waals surface area (Å²) in [6.07, 6.45) is 9.43. The number of hydrogen-bond donors (Lipinski definition) is 1. The summed E-state index contributed by atoms with van der Waals surface area (Å²) in [5, 5.41) is 3.68. The Hall–Kier alpha value is -0.0800. The van der Waals surface area contributed by atoms with Crippen molar-refractivity contribution >= 4 is 0 Å². The fourth-order valence-corrected chi connectivity index (χ4v) is 2.55. The van der Waals surface area contributed by atoms with Gasteiger partial charge in [-0.1, -0.05) is 47.0 Å². The standard InChI is InChI=1S/C16H33NO/c1-5-12-17-14-9-7-6-8-10-15(14)18-13-11-16(2,3)4/h14-15,17H,5-13H2,1-4H3. The Morgan fingerprint density at radius 1 is 1.11 bits per heavy atom. The molecule has 0 amide bonds. The lowest BCUT2D eigenvalue weighted by Crippen LogP contribution is -2.41. The first kappa shape index (κ1) is 16.0. The third-order valence-electron chi connectivity index (χ3n) is 3.79. The van der Waals surface area contributed by atoms with E-state index in [1.54, 1.807) is 0 Å². The maximum atomic E-state index is 6.19. The highest BCUT2D eigenvalue weighted by molar-refractivity contribution is 4.80. The summed E-state index contributed by atoms with van der Waals surface area (Å²) in [7, 11) is 0. The summed E-state index contributed by atoms with van der Waals surface area (Å²) >= 11 is 0. The summed E-state index contributed by atoms with van der Waals surface area (Å²) in [5.74, 6) is 0. The highest BCUT2D eigenvalue weighted by Crippen LogP contribution is 2.23. The second-order valence-electron chi connectivity index (χ2n) is 6.92. The number of hydrogen-bond acceptors (Lipinski definition) is 2. The first-order chi connectivity index (χ1) is 8.53. The van der Waals surface area contributed by atoms with Crippen LogP contribution in [0, 0.1) is 5.41 Å². The molecule has 1 N–H and O–H groups in total. The van der Waals surface area contributed by atoms with Gasteiger partial charge in [0.1, 0.15) is 0 Å². The molecule has 108 valence electrons. The second kappa shape index (κ2) is 8.16. The maximum Gasteiger partial charge on any atom is 0.0728 e. The van der Waals surface area contributed by atoms with Crippen LogP contribution in [0.5, 0.6) is 0 Å². The Morgan fingerprint density at radius 2 is 1.83 bits per heavy atom. The van der Waals surface area contributed by atoms with Crippen LogP contribution < -0.4 is 5.32 Å². The van der Waals surface area contributed by atoms with Crippen molar-refractivity contribution in [3.05, 3.63) is 0 Å². The van der Waals surface area contributed by atoms with E-state index in [2.05, 4.69) is 33.0 Å². The average molecular weight is 255 g/mol. The molecule has 2 heteroatoms. The van der Waals surface area contributed by atoms with E-state index >= 15 is 0 Å². The smallest absolute Gasteiger partial charge is 0.0728 e. The van der Waals surface area contributed by atoms with Crippen LogP contribution in [0.25, 0.3) is 0 Å². The van der Waals surface area contributed by atoms with Gasteiger partial charge in [-0.15, -0.1) is 0 Å². The predicted molar refractivity (Wildman–Crippen MR) is 79.0 cm³/mol. The van der Waals surface area contributed by atoms with Crippen molar-refractivity contribution < 1.29 is 4.74 Å².